The second kappa shape index (κ2) is 9.22. The van der Waals surface area contributed by atoms with Gasteiger partial charge < -0.3 is 14.0 Å². The molecular formula is C23H26ClN3O3S. The largest absolute Gasteiger partial charge is 0.598 e. The Morgan fingerprint density at radius 2 is 2.00 bits per heavy atom. The van der Waals surface area contributed by atoms with Gasteiger partial charge in [-0.2, -0.15) is 5.10 Å². The number of hydrogen-bond acceptors (Lipinski definition) is 5. The molecule has 0 aliphatic carbocycles. The van der Waals surface area contributed by atoms with Crippen molar-refractivity contribution in [2.24, 2.45) is 0 Å². The molecule has 2 atom stereocenters. The zero-order valence-electron chi connectivity index (χ0n) is 17.8. The van der Waals surface area contributed by atoms with Gasteiger partial charge in [0.1, 0.15) is 28.2 Å². The van der Waals surface area contributed by atoms with Crippen LogP contribution in [0.5, 0.6) is 5.75 Å². The topological polar surface area (TPSA) is 71.4 Å². The standard InChI is InChI=1S/C23H26ClN3O3S/c1-23(2,3)31(28)26-18-14-29-15-20-17(18)12-25-27(20)19-10-7-11-21(22(19)24)30-13-16-8-5-4-6-9-16/h4-12,18,26H,13-15H2,1-3H3/t18-,31?/m1/s1. The van der Waals surface area contributed by atoms with Gasteiger partial charge in [-0.15, -0.1) is 4.72 Å². The Bertz CT molecular complexity index is 1040. The fourth-order valence-electron chi connectivity index (χ4n) is 3.31. The number of benzene rings is 2. The Morgan fingerprint density at radius 3 is 2.74 bits per heavy atom. The predicted molar refractivity (Wildman–Crippen MR) is 123 cm³/mol. The molecular weight excluding hydrogens is 434 g/mol. The van der Waals surface area contributed by atoms with Crippen molar-refractivity contribution >= 4 is 23.0 Å². The molecule has 31 heavy (non-hydrogen) atoms. The first-order chi connectivity index (χ1) is 14.8. The van der Waals surface area contributed by atoms with Crippen LogP contribution in [0.4, 0.5) is 0 Å². The van der Waals surface area contributed by atoms with Crippen LogP contribution in [0.1, 0.15) is 43.6 Å². The molecule has 164 valence electrons. The summed E-state index contributed by atoms with van der Waals surface area (Å²) in [6.45, 7) is 7.07. The van der Waals surface area contributed by atoms with Gasteiger partial charge in [-0.05, 0) is 38.5 Å². The Kier molecular flexibility index (Phi) is 6.60. The number of rotatable bonds is 6. The molecule has 1 N–H and O–H groups in total. The average Bonchev–Trinajstić information content (AvgIpc) is 3.18. The van der Waals surface area contributed by atoms with Gasteiger partial charge in [0.05, 0.1) is 30.8 Å². The molecule has 0 saturated heterocycles. The van der Waals surface area contributed by atoms with Crippen molar-refractivity contribution in [3.05, 3.63) is 76.6 Å². The van der Waals surface area contributed by atoms with Gasteiger partial charge in [-0.25, -0.2) is 4.68 Å². The first kappa shape index (κ1) is 22.2. The van der Waals surface area contributed by atoms with Crippen LogP contribution < -0.4 is 9.46 Å². The van der Waals surface area contributed by atoms with Gasteiger partial charge in [-0.1, -0.05) is 48.0 Å². The SMILES string of the molecule is CC(C)(C)[S+]([O-])N[C@@H]1COCc2c1cnn2-c1cccc(OCc2ccccc2)c1Cl. The lowest BCUT2D eigenvalue weighted by molar-refractivity contribution is 0.0843. The van der Waals surface area contributed by atoms with Gasteiger partial charge >= 0.3 is 0 Å². The normalized spacial score (nSPS) is 17.3. The van der Waals surface area contributed by atoms with E-state index < -0.39 is 11.4 Å². The lowest BCUT2D eigenvalue weighted by atomic mass is 10.1. The first-order valence-electron chi connectivity index (χ1n) is 10.1. The van der Waals surface area contributed by atoms with E-state index in [1.54, 1.807) is 10.9 Å². The summed E-state index contributed by atoms with van der Waals surface area (Å²) in [5.41, 5.74) is 3.64. The zero-order chi connectivity index (χ0) is 22.0. The van der Waals surface area contributed by atoms with Crippen LogP contribution in [0.2, 0.25) is 5.02 Å². The van der Waals surface area contributed by atoms with Crippen LogP contribution in [0.3, 0.4) is 0 Å². The minimum Gasteiger partial charge on any atom is -0.598 e. The number of fused-ring (bicyclic) bond motifs is 1. The van der Waals surface area contributed by atoms with Crippen molar-refractivity contribution in [1.29, 1.82) is 0 Å². The maximum Gasteiger partial charge on any atom is 0.140 e. The molecule has 8 heteroatoms. The van der Waals surface area contributed by atoms with Crippen LogP contribution in [0.25, 0.3) is 5.69 Å². The van der Waals surface area contributed by atoms with Crippen molar-refractivity contribution in [1.82, 2.24) is 14.5 Å². The average molecular weight is 460 g/mol. The maximum absolute atomic E-state index is 12.6. The molecule has 1 aliphatic rings. The quantitative estimate of drug-likeness (QED) is 0.539. The van der Waals surface area contributed by atoms with Gasteiger partial charge in [0.2, 0.25) is 0 Å². The smallest absolute Gasteiger partial charge is 0.140 e. The molecule has 0 amide bonds. The number of nitrogens with zero attached hydrogens (tertiary/aromatic N) is 2. The van der Waals surface area contributed by atoms with Crippen LogP contribution in [0.15, 0.2) is 54.7 Å². The Hall–Kier alpha value is -2.03. The molecule has 6 nitrogen and oxygen atoms in total. The maximum atomic E-state index is 12.6. The van der Waals surface area contributed by atoms with Crippen LogP contribution in [-0.4, -0.2) is 25.7 Å². The molecule has 0 bridgehead atoms. The number of ether oxygens (including phenoxy) is 2. The molecule has 1 aliphatic heterocycles. The molecule has 3 aromatic rings. The van der Waals surface area contributed by atoms with Gasteiger partial charge in [-0.3, -0.25) is 0 Å². The van der Waals surface area contributed by atoms with Crippen molar-refractivity contribution in [3.63, 3.8) is 0 Å². The monoisotopic (exact) mass is 459 g/mol. The lowest BCUT2D eigenvalue weighted by Crippen LogP contribution is -2.43. The molecule has 4 rings (SSSR count). The predicted octanol–water partition coefficient (Wildman–Crippen LogP) is 4.73. The van der Waals surface area contributed by atoms with Gasteiger partial charge in [0.15, 0.2) is 0 Å². The summed E-state index contributed by atoms with van der Waals surface area (Å²) in [4.78, 5) is 0. The van der Waals surface area contributed by atoms with E-state index in [-0.39, 0.29) is 10.8 Å². The van der Waals surface area contributed by atoms with Crippen LogP contribution >= 0.6 is 11.6 Å². The minimum atomic E-state index is -1.22. The fourth-order valence-corrected chi connectivity index (χ4v) is 4.37. The Morgan fingerprint density at radius 1 is 1.23 bits per heavy atom. The highest BCUT2D eigenvalue weighted by Crippen LogP contribution is 2.35. The summed E-state index contributed by atoms with van der Waals surface area (Å²) >= 11 is 5.48. The lowest BCUT2D eigenvalue weighted by Gasteiger charge is -2.30. The van der Waals surface area contributed by atoms with Gasteiger partial charge in [0, 0.05) is 16.9 Å². The third-order valence-electron chi connectivity index (χ3n) is 5.01. The molecule has 0 saturated carbocycles. The summed E-state index contributed by atoms with van der Waals surface area (Å²) in [5.74, 6) is 0.590. The van der Waals surface area contributed by atoms with E-state index in [9.17, 15) is 4.55 Å². The van der Waals surface area contributed by atoms with Crippen molar-refractivity contribution in [3.8, 4) is 11.4 Å². The molecule has 1 unspecified atom stereocenters. The van der Waals surface area contributed by atoms with E-state index in [1.807, 2.05) is 69.3 Å². The summed E-state index contributed by atoms with van der Waals surface area (Å²) < 4.78 is 28.9. The van der Waals surface area contributed by atoms with E-state index in [2.05, 4.69) is 9.82 Å². The fraction of sp³-hybridized carbons (Fsp3) is 0.348. The molecule has 0 spiro atoms. The molecule has 1 aromatic heterocycles. The highest BCUT2D eigenvalue weighted by atomic mass is 35.5. The Balaban J connectivity index is 1.58. The number of halogens is 1. The highest BCUT2D eigenvalue weighted by molar-refractivity contribution is 7.90. The highest BCUT2D eigenvalue weighted by Gasteiger charge is 2.34. The number of aromatic nitrogens is 2. The first-order valence-corrected chi connectivity index (χ1v) is 11.7. The van der Waals surface area contributed by atoms with Crippen molar-refractivity contribution in [2.75, 3.05) is 6.61 Å². The van der Waals surface area contributed by atoms with Crippen molar-refractivity contribution in [2.45, 2.75) is 44.8 Å². The van der Waals surface area contributed by atoms with Crippen LogP contribution in [-0.2, 0) is 29.3 Å². The molecule has 2 heterocycles. The Labute approximate surface area is 190 Å². The van der Waals surface area contributed by atoms with Crippen molar-refractivity contribution < 1.29 is 14.0 Å². The van der Waals surface area contributed by atoms with E-state index in [0.29, 0.717) is 30.6 Å². The summed E-state index contributed by atoms with van der Waals surface area (Å²) in [6, 6.07) is 15.4. The number of nitrogens with one attached hydrogen (secondary N) is 1. The van der Waals surface area contributed by atoms with Gasteiger partial charge in [0.25, 0.3) is 0 Å². The van der Waals surface area contributed by atoms with E-state index in [4.69, 9.17) is 21.1 Å². The summed E-state index contributed by atoms with van der Waals surface area (Å²) in [6.07, 6.45) is 1.79. The third kappa shape index (κ3) is 4.91. The second-order valence-corrected chi connectivity index (χ2v) is 10.8. The zero-order valence-corrected chi connectivity index (χ0v) is 19.4. The molecule has 2 aromatic carbocycles. The second-order valence-electron chi connectivity index (χ2n) is 8.39. The van der Waals surface area contributed by atoms with E-state index in [1.165, 1.54) is 0 Å². The number of hydrogen-bond donors (Lipinski definition) is 1. The molecule has 0 radical (unpaired) electrons. The third-order valence-corrected chi connectivity index (χ3v) is 7.00. The van der Waals surface area contributed by atoms with E-state index >= 15 is 0 Å². The van der Waals surface area contributed by atoms with E-state index in [0.717, 1.165) is 22.5 Å². The summed E-state index contributed by atoms with van der Waals surface area (Å²) in [5, 5.41) is 5.05. The minimum absolute atomic E-state index is 0.200. The summed E-state index contributed by atoms with van der Waals surface area (Å²) in [7, 11) is 0. The molecule has 0 fully saturated rings. The van der Waals surface area contributed by atoms with Crippen LogP contribution in [0, 0.1) is 0 Å².